The summed E-state index contributed by atoms with van der Waals surface area (Å²) in [7, 11) is 0. The first-order chi connectivity index (χ1) is 11.5. The highest BCUT2D eigenvalue weighted by molar-refractivity contribution is 6.06. The summed E-state index contributed by atoms with van der Waals surface area (Å²) < 4.78 is 67.5. The van der Waals surface area contributed by atoms with Crippen molar-refractivity contribution in [3.05, 3.63) is 41.0 Å². The van der Waals surface area contributed by atoms with Crippen LogP contribution in [0.5, 0.6) is 5.75 Å². The molecule has 24 heavy (non-hydrogen) atoms. The van der Waals surface area contributed by atoms with Gasteiger partial charge in [-0.1, -0.05) is 13.3 Å². The topological polar surface area (TPSA) is 22.4 Å². The Bertz CT molecular complexity index is 915. The minimum atomic E-state index is -1.31. The van der Waals surface area contributed by atoms with Crippen molar-refractivity contribution in [1.29, 1.82) is 0 Å². The van der Waals surface area contributed by atoms with E-state index in [1.54, 1.807) is 6.92 Å². The van der Waals surface area contributed by atoms with Crippen molar-refractivity contribution in [3.63, 3.8) is 0 Å². The Labute approximate surface area is 136 Å². The van der Waals surface area contributed by atoms with E-state index in [9.17, 15) is 17.6 Å². The zero-order chi connectivity index (χ0) is 17.4. The van der Waals surface area contributed by atoms with E-state index in [4.69, 9.17) is 9.15 Å². The summed E-state index contributed by atoms with van der Waals surface area (Å²) in [4.78, 5) is 0. The Hall–Kier alpha value is -2.24. The van der Waals surface area contributed by atoms with Crippen LogP contribution < -0.4 is 4.74 Å². The van der Waals surface area contributed by atoms with Gasteiger partial charge in [-0.05, 0) is 31.4 Å². The van der Waals surface area contributed by atoms with Crippen molar-refractivity contribution >= 4 is 21.9 Å². The van der Waals surface area contributed by atoms with E-state index < -0.39 is 28.7 Å². The van der Waals surface area contributed by atoms with Crippen molar-refractivity contribution in [2.75, 3.05) is 6.61 Å². The minimum absolute atomic E-state index is 0.0121. The molecule has 2 aromatic carbocycles. The second kappa shape index (κ2) is 6.34. The summed E-state index contributed by atoms with van der Waals surface area (Å²) in [6, 6.07) is 2.50. The maximum Gasteiger partial charge on any atom is 0.201 e. The lowest BCUT2D eigenvalue weighted by molar-refractivity contribution is 0.315. The number of fused-ring (bicyclic) bond motifs is 3. The molecule has 3 rings (SSSR count). The van der Waals surface area contributed by atoms with Crippen LogP contribution in [0.3, 0.4) is 0 Å². The first-order valence-corrected chi connectivity index (χ1v) is 7.83. The molecule has 0 fully saturated rings. The highest BCUT2D eigenvalue weighted by atomic mass is 19.2. The van der Waals surface area contributed by atoms with Crippen LogP contribution in [0.1, 0.15) is 32.3 Å². The Morgan fingerprint density at radius 2 is 1.50 bits per heavy atom. The standard InChI is InChI=1S/C18H16F4O2/c1-3-5-6-9-7-10-13(17(21)15(9)19)14-11(24-10)8-12(23-4-2)16(20)18(14)22/h7-8H,3-6H2,1-2H3. The molecule has 2 nitrogen and oxygen atoms in total. The van der Waals surface area contributed by atoms with Crippen LogP contribution in [0.4, 0.5) is 17.6 Å². The van der Waals surface area contributed by atoms with Crippen molar-refractivity contribution in [2.24, 2.45) is 0 Å². The maximum absolute atomic E-state index is 14.5. The van der Waals surface area contributed by atoms with Gasteiger partial charge in [-0.3, -0.25) is 0 Å². The summed E-state index contributed by atoms with van der Waals surface area (Å²) >= 11 is 0. The van der Waals surface area contributed by atoms with E-state index >= 15 is 0 Å². The normalized spacial score (nSPS) is 11.6. The second-order valence-corrected chi connectivity index (χ2v) is 5.55. The van der Waals surface area contributed by atoms with E-state index in [0.29, 0.717) is 12.8 Å². The molecular formula is C18H16F4O2. The van der Waals surface area contributed by atoms with Gasteiger partial charge < -0.3 is 9.15 Å². The fourth-order valence-electron chi connectivity index (χ4n) is 2.79. The lowest BCUT2D eigenvalue weighted by atomic mass is 10.0. The molecule has 0 aliphatic heterocycles. The Kier molecular flexibility index (Phi) is 4.39. The second-order valence-electron chi connectivity index (χ2n) is 5.55. The number of rotatable bonds is 5. The van der Waals surface area contributed by atoms with E-state index in [2.05, 4.69) is 0 Å². The number of unbranched alkanes of at least 4 members (excludes halogenated alkanes) is 1. The molecule has 0 bridgehead atoms. The van der Waals surface area contributed by atoms with Crippen molar-refractivity contribution < 1.29 is 26.7 Å². The molecule has 0 radical (unpaired) electrons. The highest BCUT2D eigenvalue weighted by Gasteiger charge is 2.25. The van der Waals surface area contributed by atoms with Crippen LogP contribution in [0.2, 0.25) is 0 Å². The fourth-order valence-corrected chi connectivity index (χ4v) is 2.79. The van der Waals surface area contributed by atoms with Gasteiger partial charge in [-0.25, -0.2) is 13.2 Å². The van der Waals surface area contributed by atoms with Gasteiger partial charge in [0.05, 0.1) is 17.4 Å². The molecule has 0 aliphatic rings. The van der Waals surface area contributed by atoms with E-state index in [1.165, 1.54) is 6.07 Å². The molecule has 1 heterocycles. The predicted octanol–water partition coefficient (Wildman–Crippen LogP) is 5.88. The third-order valence-electron chi connectivity index (χ3n) is 3.95. The van der Waals surface area contributed by atoms with Gasteiger partial charge in [0.25, 0.3) is 0 Å². The predicted molar refractivity (Wildman–Crippen MR) is 83.3 cm³/mol. The number of hydrogen-bond acceptors (Lipinski definition) is 2. The molecule has 1 aromatic heterocycles. The molecule has 0 saturated heterocycles. The maximum atomic E-state index is 14.5. The smallest absolute Gasteiger partial charge is 0.201 e. The van der Waals surface area contributed by atoms with E-state index in [1.807, 2.05) is 6.92 Å². The highest BCUT2D eigenvalue weighted by Crippen LogP contribution is 2.38. The van der Waals surface area contributed by atoms with Gasteiger partial charge >= 0.3 is 0 Å². The molecule has 0 spiro atoms. The first-order valence-electron chi connectivity index (χ1n) is 7.83. The summed E-state index contributed by atoms with van der Waals surface area (Å²) in [6.07, 6.45) is 1.84. The van der Waals surface area contributed by atoms with Gasteiger partial charge in [-0.2, -0.15) is 4.39 Å². The number of ether oxygens (including phenoxy) is 1. The molecule has 0 unspecified atom stereocenters. The van der Waals surface area contributed by atoms with Gasteiger partial charge in [0.2, 0.25) is 5.82 Å². The van der Waals surface area contributed by atoms with Gasteiger partial charge in [0.15, 0.2) is 23.2 Å². The monoisotopic (exact) mass is 340 g/mol. The molecule has 3 aromatic rings. The van der Waals surface area contributed by atoms with Gasteiger partial charge in [-0.15, -0.1) is 0 Å². The number of halogens is 4. The largest absolute Gasteiger partial charge is 0.491 e. The van der Waals surface area contributed by atoms with Crippen LogP contribution in [-0.2, 0) is 6.42 Å². The summed E-state index contributed by atoms with van der Waals surface area (Å²) in [6.45, 7) is 3.68. The third-order valence-corrected chi connectivity index (χ3v) is 3.95. The van der Waals surface area contributed by atoms with Crippen LogP contribution >= 0.6 is 0 Å². The third kappa shape index (κ3) is 2.50. The van der Waals surface area contributed by atoms with E-state index in [-0.39, 0.29) is 34.5 Å². The number of furan rings is 1. The molecule has 0 N–H and O–H groups in total. The summed E-state index contributed by atoms with van der Waals surface area (Å²) in [5, 5.41) is -0.799. The zero-order valence-electron chi connectivity index (χ0n) is 13.3. The van der Waals surface area contributed by atoms with Crippen LogP contribution in [0.15, 0.2) is 16.5 Å². The summed E-state index contributed by atoms with van der Waals surface area (Å²) in [5.74, 6) is -5.16. The zero-order valence-corrected chi connectivity index (χ0v) is 13.3. The van der Waals surface area contributed by atoms with Crippen molar-refractivity contribution in [2.45, 2.75) is 33.1 Å². The first kappa shape index (κ1) is 16.6. The van der Waals surface area contributed by atoms with E-state index in [0.717, 1.165) is 12.5 Å². The fraction of sp³-hybridized carbons (Fsp3) is 0.333. The Balaban J connectivity index is 2.32. The Morgan fingerprint density at radius 1 is 0.875 bits per heavy atom. The van der Waals surface area contributed by atoms with Crippen molar-refractivity contribution in [1.82, 2.24) is 0 Å². The molecule has 0 saturated carbocycles. The Morgan fingerprint density at radius 3 is 2.12 bits per heavy atom. The quantitative estimate of drug-likeness (QED) is 0.541. The van der Waals surface area contributed by atoms with Gasteiger partial charge in [0.1, 0.15) is 11.2 Å². The van der Waals surface area contributed by atoms with Crippen LogP contribution in [-0.4, -0.2) is 6.61 Å². The molecular weight excluding hydrogens is 324 g/mol. The van der Waals surface area contributed by atoms with Crippen LogP contribution in [0, 0.1) is 23.3 Å². The van der Waals surface area contributed by atoms with Crippen LogP contribution in [0.25, 0.3) is 21.9 Å². The summed E-state index contributed by atoms with van der Waals surface area (Å²) in [5.41, 5.74) is 0.0621. The molecule has 0 atom stereocenters. The lowest BCUT2D eigenvalue weighted by Crippen LogP contribution is -1.98. The lowest BCUT2D eigenvalue weighted by Gasteiger charge is -2.06. The number of aryl methyl sites for hydroxylation is 1. The average Bonchev–Trinajstić information content (AvgIpc) is 2.93. The molecule has 0 amide bonds. The molecule has 128 valence electrons. The SMILES string of the molecule is CCCCc1cc2oc3cc(OCC)c(F)c(F)c3c2c(F)c1F. The average molecular weight is 340 g/mol. The molecule has 6 heteroatoms. The van der Waals surface area contributed by atoms with Crippen molar-refractivity contribution in [3.8, 4) is 5.75 Å². The van der Waals surface area contributed by atoms with Gasteiger partial charge in [0, 0.05) is 6.07 Å². The minimum Gasteiger partial charge on any atom is -0.491 e. The molecule has 0 aliphatic carbocycles. The number of benzene rings is 2. The number of hydrogen-bond donors (Lipinski definition) is 0.